The lowest BCUT2D eigenvalue weighted by molar-refractivity contribution is 0.111. The van der Waals surface area contributed by atoms with Gasteiger partial charge in [-0.15, -0.1) is 0 Å². The van der Waals surface area contributed by atoms with E-state index < -0.39 is 28.8 Å². The molecule has 2 aromatic rings. The minimum absolute atomic E-state index is 0.00840. The summed E-state index contributed by atoms with van der Waals surface area (Å²) in [5.41, 5.74) is 0.218. The van der Waals surface area contributed by atoms with E-state index in [9.17, 15) is 22.4 Å². The van der Waals surface area contributed by atoms with Gasteiger partial charge in [0.1, 0.15) is 0 Å². The van der Waals surface area contributed by atoms with E-state index in [0.29, 0.717) is 18.1 Å². The molecule has 0 aromatic heterocycles. The number of carbonyl (C=O) groups is 1. The number of aldehydes is 1. The number of hydrogen-bond acceptors (Lipinski definition) is 2. The van der Waals surface area contributed by atoms with Crippen LogP contribution in [-0.4, -0.2) is 12.9 Å². The van der Waals surface area contributed by atoms with Crippen LogP contribution >= 0.6 is 0 Å². The summed E-state index contributed by atoms with van der Waals surface area (Å²) in [6.07, 6.45) is 9.57. The van der Waals surface area contributed by atoms with Crippen molar-refractivity contribution in [3.05, 3.63) is 64.2 Å². The standard InChI is InChI=1S/C26H30F4O2/c1-2-3-4-5-17-6-8-18(9-7-17)16-32-24-14-20(13-23(28)26(24)30)10-19-11-21(15-31)25(29)22(27)12-19/h11-15,17-18H,2-10,16H2,1H3. The molecule has 0 heterocycles. The highest BCUT2D eigenvalue weighted by molar-refractivity contribution is 5.75. The molecule has 32 heavy (non-hydrogen) atoms. The molecular formula is C26H30F4O2. The minimum Gasteiger partial charge on any atom is -0.490 e. The number of benzene rings is 2. The average molecular weight is 451 g/mol. The molecule has 174 valence electrons. The van der Waals surface area contributed by atoms with Gasteiger partial charge in [0.25, 0.3) is 0 Å². The van der Waals surface area contributed by atoms with Gasteiger partial charge in [-0.3, -0.25) is 4.79 Å². The first-order chi connectivity index (χ1) is 15.4. The van der Waals surface area contributed by atoms with Gasteiger partial charge in [0, 0.05) is 0 Å². The van der Waals surface area contributed by atoms with Gasteiger partial charge in [0.2, 0.25) is 5.82 Å². The summed E-state index contributed by atoms with van der Waals surface area (Å²) in [6, 6.07) is 4.54. The number of rotatable bonds is 10. The Balaban J connectivity index is 1.61. The Morgan fingerprint density at radius 2 is 1.50 bits per heavy atom. The molecule has 1 aliphatic rings. The van der Waals surface area contributed by atoms with Gasteiger partial charge in [-0.25, -0.2) is 13.2 Å². The molecule has 0 unspecified atom stereocenters. The zero-order valence-corrected chi connectivity index (χ0v) is 18.4. The third-order valence-corrected chi connectivity index (χ3v) is 6.36. The predicted octanol–water partition coefficient (Wildman–Crippen LogP) is 7.41. The molecule has 0 N–H and O–H groups in total. The minimum atomic E-state index is -1.22. The number of unbranched alkanes of at least 4 members (excludes halogenated alkanes) is 2. The fourth-order valence-electron chi connectivity index (χ4n) is 4.49. The van der Waals surface area contributed by atoms with Gasteiger partial charge in [0.15, 0.2) is 29.5 Å². The van der Waals surface area contributed by atoms with Crippen molar-refractivity contribution in [1.82, 2.24) is 0 Å². The molecule has 0 atom stereocenters. The van der Waals surface area contributed by atoms with E-state index >= 15 is 0 Å². The van der Waals surface area contributed by atoms with Crippen LogP contribution in [0.5, 0.6) is 5.75 Å². The number of halogens is 4. The first kappa shape index (κ1) is 24.3. The quantitative estimate of drug-likeness (QED) is 0.214. The molecule has 2 nitrogen and oxygen atoms in total. The van der Waals surface area contributed by atoms with Crippen molar-refractivity contribution in [1.29, 1.82) is 0 Å². The van der Waals surface area contributed by atoms with Crippen molar-refractivity contribution in [2.24, 2.45) is 11.8 Å². The summed E-state index contributed by atoms with van der Waals surface area (Å²) in [5, 5.41) is 0. The second kappa shape index (κ2) is 11.5. The Bertz CT molecular complexity index is 921. The van der Waals surface area contributed by atoms with Crippen LogP contribution in [0, 0.1) is 35.1 Å². The topological polar surface area (TPSA) is 26.3 Å². The SMILES string of the molecule is CCCCCC1CCC(COc2cc(Cc3cc(F)c(F)c(C=O)c3)cc(F)c2F)CC1. The zero-order chi connectivity index (χ0) is 23.1. The van der Waals surface area contributed by atoms with Crippen LogP contribution in [0.3, 0.4) is 0 Å². The smallest absolute Gasteiger partial charge is 0.200 e. The maximum absolute atomic E-state index is 14.3. The largest absolute Gasteiger partial charge is 0.490 e. The van der Waals surface area contributed by atoms with Gasteiger partial charge in [-0.05, 0) is 66.5 Å². The van der Waals surface area contributed by atoms with Crippen LogP contribution < -0.4 is 4.74 Å². The molecule has 0 radical (unpaired) electrons. The van der Waals surface area contributed by atoms with Crippen molar-refractivity contribution in [2.45, 2.75) is 64.7 Å². The van der Waals surface area contributed by atoms with Crippen molar-refractivity contribution in [3.63, 3.8) is 0 Å². The summed E-state index contributed by atoms with van der Waals surface area (Å²) >= 11 is 0. The fourth-order valence-corrected chi connectivity index (χ4v) is 4.49. The number of carbonyl (C=O) groups excluding carboxylic acids is 1. The lowest BCUT2D eigenvalue weighted by Crippen LogP contribution is -2.20. The van der Waals surface area contributed by atoms with E-state index in [1.54, 1.807) is 0 Å². The molecule has 0 spiro atoms. The van der Waals surface area contributed by atoms with Gasteiger partial charge in [-0.2, -0.15) is 4.39 Å². The Hall–Kier alpha value is -2.37. The van der Waals surface area contributed by atoms with Gasteiger partial charge >= 0.3 is 0 Å². The first-order valence-electron chi connectivity index (χ1n) is 11.4. The summed E-state index contributed by atoms with van der Waals surface area (Å²) < 4.78 is 61.3. The van der Waals surface area contributed by atoms with Gasteiger partial charge in [0.05, 0.1) is 12.2 Å². The van der Waals surface area contributed by atoms with E-state index in [1.807, 2.05) is 0 Å². The highest BCUT2D eigenvalue weighted by atomic mass is 19.2. The molecular weight excluding hydrogens is 420 g/mol. The summed E-state index contributed by atoms with van der Waals surface area (Å²) in [5.74, 6) is -3.61. The average Bonchev–Trinajstić information content (AvgIpc) is 2.78. The Morgan fingerprint density at radius 1 is 0.875 bits per heavy atom. The number of ether oxygens (including phenoxy) is 1. The molecule has 1 aliphatic carbocycles. The van der Waals surface area contributed by atoms with Gasteiger partial charge < -0.3 is 4.74 Å². The van der Waals surface area contributed by atoms with E-state index in [1.165, 1.54) is 37.8 Å². The van der Waals surface area contributed by atoms with E-state index in [4.69, 9.17) is 4.74 Å². The summed E-state index contributed by atoms with van der Waals surface area (Å²) in [6.45, 7) is 2.52. The molecule has 0 amide bonds. The lowest BCUT2D eigenvalue weighted by atomic mass is 9.80. The van der Waals surface area contributed by atoms with E-state index in [-0.39, 0.29) is 24.0 Å². The summed E-state index contributed by atoms with van der Waals surface area (Å²) in [4.78, 5) is 10.9. The maximum atomic E-state index is 14.3. The van der Waals surface area contributed by atoms with Crippen molar-refractivity contribution in [3.8, 4) is 5.75 Å². The molecule has 0 saturated heterocycles. The highest BCUT2D eigenvalue weighted by Crippen LogP contribution is 2.33. The monoisotopic (exact) mass is 450 g/mol. The lowest BCUT2D eigenvalue weighted by Gasteiger charge is -2.28. The van der Waals surface area contributed by atoms with Crippen LogP contribution in [0.1, 0.15) is 79.8 Å². The van der Waals surface area contributed by atoms with Crippen molar-refractivity contribution >= 4 is 6.29 Å². The van der Waals surface area contributed by atoms with Crippen molar-refractivity contribution in [2.75, 3.05) is 6.61 Å². The van der Waals surface area contributed by atoms with Crippen LogP contribution in [0.4, 0.5) is 17.6 Å². The fraction of sp³-hybridized carbons (Fsp3) is 0.500. The third kappa shape index (κ3) is 6.33. The van der Waals surface area contributed by atoms with Crippen LogP contribution in [0.25, 0.3) is 0 Å². The molecule has 3 rings (SSSR count). The van der Waals surface area contributed by atoms with E-state index in [0.717, 1.165) is 43.7 Å². The normalized spacial score (nSPS) is 18.5. The molecule has 0 bridgehead atoms. The van der Waals surface area contributed by atoms with Crippen LogP contribution in [0.15, 0.2) is 24.3 Å². The first-order valence-corrected chi connectivity index (χ1v) is 11.4. The zero-order valence-electron chi connectivity index (χ0n) is 18.4. The van der Waals surface area contributed by atoms with Gasteiger partial charge in [-0.1, -0.05) is 45.4 Å². The third-order valence-electron chi connectivity index (χ3n) is 6.36. The Kier molecular flexibility index (Phi) is 8.71. The molecule has 6 heteroatoms. The second-order valence-corrected chi connectivity index (χ2v) is 8.86. The highest BCUT2D eigenvalue weighted by Gasteiger charge is 2.22. The molecule has 1 saturated carbocycles. The van der Waals surface area contributed by atoms with Crippen LogP contribution in [0.2, 0.25) is 0 Å². The number of hydrogen-bond donors (Lipinski definition) is 0. The van der Waals surface area contributed by atoms with Crippen molar-refractivity contribution < 1.29 is 27.1 Å². The Labute approximate surface area is 187 Å². The molecule has 0 aliphatic heterocycles. The summed E-state index contributed by atoms with van der Waals surface area (Å²) in [7, 11) is 0. The maximum Gasteiger partial charge on any atom is 0.200 e. The molecule has 2 aromatic carbocycles. The Morgan fingerprint density at radius 3 is 2.16 bits per heavy atom. The molecule has 1 fully saturated rings. The second-order valence-electron chi connectivity index (χ2n) is 8.86. The van der Waals surface area contributed by atoms with Crippen LogP contribution in [-0.2, 0) is 6.42 Å². The van der Waals surface area contributed by atoms with E-state index in [2.05, 4.69) is 6.92 Å². The predicted molar refractivity (Wildman–Crippen MR) is 116 cm³/mol.